The first-order valence-corrected chi connectivity index (χ1v) is 5.96. The molecule has 5 heteroatoms. The molecule has 0 radical (unpaired) electrons. The van der Waals surface area contributed by atoms with Gasteiger partial charge < -0.3 is 4.52 Å². The van der Waals surface area contributed by atoms with Crippen LogP contribution in [0.25, 0.3) is 0 Å². The maximum Gasteiger partial charge on any atom is 0.219 e. The molecule has 0 saturated carbocycles. The fourth-order valence-electron chi connectivity index (χ4n) is 0.544. The second kappa shape index (κ2) is 2.24. The van der Waals surface area contributed by atoms with E-state index >= 15 is 0 Å². The van der Waals surface area contributed by atoms with E-state index in [1.165, 1.54) is 0 Å². The first-order chi connectivity index (χ1) is 3.60. The Morgan fingerprint density at radius 1 is 2.00 bits per heavy atom. The van der Waals surface area contributed by atoms with Crippen molar-refractivity contribution in [3.63, 3.8) is 0 Å². The number of halogens is 1. The summed E-state index contributed by atoms with van der Waals surface area (Å²) in [6, 6.07) is 0. The van der Waals surface area contributed by atoms with Crippen LogP contribution >= 0.6 is 17.0 Å². The number of hydrogen-bond acceptors (Lipinski definition) is 2. The van der Waals surface area contributed by atoms with Crippen LogP contribution in [-0.4, -0.2) is 12.6 Å². The van der Waals surface area contributed by atoms with Crippen molar-refractivity contribution in [3.8, 4) is 0 Å². The summed E-state index contributed by atoms with van der Waals surface area (Å²) >= 11 is 10.5. The highest BCUT2D eigenvalue weighted by atomic mass is 35.7. The van der Waals surface area contributed by atoms with Gasteiger partial charge in [0, 0.05) is 6.54 Å². The Hall–Kier alpha value is 0.860. The molecular formula is C3H7ClNOPS. The summed E-state index contributed by atoms with van der Waals surface area (Å²) in [5.74, 6) is -2.04. The van der Waals surface area contributed by atoms with Gasteiger partial charge in [-0.1, -0.05) is 0 Å². The van der Waals surface area contributed by atoms with Gasteiger partial charge in [-0.2, -0.15) is 0 Å². The molecule has 0 aromatic heterocycles. The van der Waals surface area contributed by atoms with Gasteiger partial charge in [-0.25, -0.2) is 0 Å². The summed E-state index contributed by atoms with van der Waals surface area (Å²) in [7, 11) is 0. The summed E-state index contributed by atoms with van der Waals surface area (Å²) in [4.78, 5) is 0. The summed E-state index contributed by atoms with van der Waals surface area (Å²) in [6.07, 6.45) is 0.193. The van der Waals surface area contributed by atoms with Gasteiger partial charge >= 0.3 is 0 Å². The molecule has 0 aliphatic carbocycles. The molecule has 0 aromatic rings. The quantitative estimate of drug-likeness (QED) is 0.558. The van der Waals surface area contributed by atoms with Crippen molar-refractivity contribution in [2.45, 2.75) is 13.0 Å². The first-order valence-electron chi connectivity index (χ1n) is 2.33. The van der Waals surface area contributed by atoms with Gasteiger partial charge in [0.15, 0.2) is 0 Å². The Balaban J connectivity index is 2.57. The summed E-state index contributed by atoms with van der Waals surface area (Å²) in [6.45, 7) is 2.74. The zero-order valence-electron chi connectivity index (χ0n) is 4.43. The molecule has 0 aromatic carbocycles. The molecule has 1 aliphatic rings. The van der Waals surface area contributed by atoms with Crippen LogP contribution in [0.5, 0.6) is 0 Å². The average Bonchev–Trinajstić information content (AvgIpc) is 1.82. The predicted molar refractivity (Wildman–Crippen MR) is 38.7 cm³/mol. The van der Waals surface area contributed by atoms with E-state index in [1.807, 2.05) is 6.92 Å². The molecule has 1 saturated heterocycles. The van der Waals surface area contributed by atoms with E-state index in [2.05, 4.69) is 5.09 Å². The van der Waals surface area contributed by atoms with Crippen molar-refractivity contribution in [2.24, 2.45) is 0 Å². The van der Waals surface area contributed by atoms with Crippen molar-refractivity contribution < 1.29 is 4.52 Å². The maximum absolute atomic E-state index is 5.66. The summed E-state index contributed by atoms with van der Waals surface area (Å²) < 4.78 is 5.13. The number of rotatable bonds is 0. The van der Waals surface area contributed by atoms with Crippen LogP contribution in [0.4, 0.5) is 0 Å². The van der Waals surface area contributed by atoms with Crippen LogP contribution in [0.2, 0.25) is 0 Å². The molecule has 2 unspecified atom stereocenters. The van der Waals surface area contributed by atoms with E-state index in [1.54, 1.807) is 0 Å². The van der Waals surface area contributed by atoms with E-state index in [-0.39, 0.29) is 6.10 Å². The van der Waals surface area contributed by atoms with Crippen LogP contribution in [0.3, 0.4) is 0 Å². The van der Waals surface area contributed by atoms with E-state index < -0.39 is 5.77 Å². The Labute approximate surface area is 58.5 Å². The molecule has 0 bridgehead atoms. The van der Waals surface area contributed by atoms with Crippen molar-refractivity contribution in [2.75, 3.05) is 6.54 Å². The SMILES string of the molecule is CC1CNP(=S)(Cl)O1. The molecule has 2 nitrogen and oxygen atoms in total. The molecule has 1 rings (SSSR count). The molecule has 1 aliphatic heterocycles. The lowest BCUT2D eigenvalue weighted by Gasteiger charge is -2.03. The average molecular weight is 172 g/mol. The second-order valence-electron chi connectivity index (χ2n) is 1.76. The Morgan fingerprint density at radius 3 is 2.75 bits per heavy atom. The van der Waals surface area contributed by atoms with E-state index in [4.69, 9.17) is 27.6 Å². The Bertz CT molecular complexity index is 141. The minimum absolute atomic E-state index is 0.193. The van der Waals surface area contributed by atoms with Crippen LogP contribution in [0.1, 0.15) is 6.92 Å². The monoisotopic (exact) mass is 171 g/mol. The van der Waals surface area contributed by atoms with Gasteiger partial charge in [0.2, 0.25) is 5.77 Å². The standard InChI is InChI=1S/C3H7ClNOPS/c1-3-2-5-7(4,8)6-3/h3H,2H2,1H3,(H,5,8). The highest BCUT2D eigenvalue weighted by Crippen LogP contribution is 2.52. The molecule has 2 atom stereocenters. The minimum Gasteiger partial charge on any atom is -0.323 e. The highest BCUT2D eigenvalue weighted by Gasteiger charge is 2.24. The molecule has 1 heterocycles. The normalized spacial score (nSPS) is 47.5. The van der Waals surface area contributed by atoms with Crippen molar-refractivity contribution >= 4 is 28.8 Å². The third kappa shape index (κ3) is 1.67. The lowest BCUT2D eigenvalue weighted by Crippen LogP contribution is -2.07. The van der Waals surface area contributed by atoms with Gasteiger partial charge in [-0.3, -0.25) is 5.09 Å². The highest BCUT2D eigenvalue weighted by molar-refractivity contribution is 8.23. The third-order valence-corrected chi connectivity index (χ3v) is 3.32. The predicted octanol–water partition coefficient (Wildman–Crippen LogP) is 1.46. The summed E-state index contributed by atoms with van der Waals surface area (Å²) in [5, 5.41) is 2.91. The fourth-order valence-corrected chi connectivity index (χ4v) is 2.91. The Kier molecular flexibility index (Phi) is 1.95. The van der Waals surface area contributed by atoms with Crippen molar-refractivity contribution in [3.05, 3.63) is 0 Å². The molecule has 48 valence electrons. The van der Waals surface area contributed by atoms with Crippen LogP contribution in [-0.2, 0) is 16.3 Å². The van der Waals surface area contributed by atoms with Gasteiger partial charge in [0.05, 0.1) is 6.10 Å². The Morgan fingerprint density at radius 2 is 2.62 bits per heavy atom. The summed E-state index contributed by atoms with van der Waals surface area (Å²) in [5.41, 5.74) is 0. The van der Waals surface area contributed by atoms with E-state index in [9.17, 15) is 0 Å². The van der Waals surface area contributed by atoms with Crippen LogP contribution < -0.4 is 5.09 Å². The van der Waals surface area contributed by atoms with Crippen molar-refractivity contribution in [1.29, 1.82) is 0 Å². The lowest BCUT2D eigenvalue weighted by molar-refractivity contribution is 0.290. The smallest absolute Gasteiger partial charge is 0.219 e. The first kappa shape index (κ1) is 6.97. The van der Waals surface area contributed by atoms with E-state index in [0.29, 0.717) is 0 Å². The van der Waals surface area contributed by atoms with Gasteiger partial charge in [0.25, 0.3) is 0 Å². The minimum atomic E-state index is -2.04. The maximum atomic E-state index is 5.66. The topological polar surface area (TPSA) is 21.3 Å². The van der Waals surface area contributed by atoms with E-state index in [0.717, 1.165) is 6.54 Å². The molecule has 1 fully saturated rings. The van der Waals surface area contributed by atoms with Gasteiger partial charge in [-0.15, -0.1) is 0 Å². The number of hydrogen-bond donors (Lipinski definition) is 1. The van der Waals surface area contributed by atoms with Crippen LogP contribution in [0, 0.1) is 0 Å². The largest absolute Gasteiger partial charge is 0.323 e. The molecular weight excluding hydrogens is 165 g/mol. The third-order valence-electron chi connectivity index (χ3n) is 0.883. The zero-order chi connectivity index (χ0) is 6.20. The lowest BCUT2D eigenvalue weighted by atomic mass is 10.4. The number of nitrogens with one attached hydrogen (secondary N) is 1. The second-order valence-corrected chi connectivity index (χ2v) is 6.82. The molecule has 0 amide bonds. The molecule has 0 spiro atoms. The molecule has 8 heavy (non-hydrogen) atoms. The zero-order valence-corrected chi connectivity index (χ0v) is 6.89. The van der Waals surface area contributed by atoms with Crippen molar-refractivity contribution in [1.82, 2.24) is 5.09 Å². The van der Waals surface area contributed by atoms with Crippen LogP contribution in [0.15, 0.2) is 0 Å². The van der Waals surface area contributed by atoms with Gasteiger partial charge in [0.1, 0.15) is 0 Å². The molecule has 1 N–H and O–H groups in total. The fraction of sp³-hybridized carbons (Fsp3) is 1.00. The van der Waals surface area contributed by atoms with Gasteiger partial charge in [-0.05, 0) is 30.0 Å².